The van der Waals surface area contributed by atoms with E-state index in [1.807, 2.05) is 32.6 Å². The Balaban J connectivity index is 2.23. The molecule has 1 aromatic heterocycles. The summed E-state index contributed by atoms with van der Waals surface area (Å²) < 4.78 is 5.85. The topological polar surface area (TPSA) is 54.5 Å². The first-order chi connectivity index (χ1) is 9.43. The molecular weight excluding hydrogens is 254 g/mol. The fourth-order valence-corrected chi connectivity index (χ4v) is 2.69. The van der Waals surface area contributed by atoms with Crippen molar-refractivity contribution in [2.24, 2.45) is 0 Å². The van der Waals surface area contributed by atoms with Crippen LogP contribution in [-0.2, 0) is 4.74 Å². The molecule has 0 aromatic carbocycles. The molecule has 0 saturated carbocycles. The molecule has 1 amide bonds. The van der Waals surface area contributed by atoms with Gasteiger partial charge in [0.05, 0.1) is 29.2 Å². The molecular formula is C15H23N3O2. The van der Waals surface area contributed by atoms with E-state index >= 15 is 0 Å². The lowest BCUT2D eigenvalue weighted by atomic mass is 10.0. The third kappa shape index (κ3) is 3.28. The number of carbonyl (C=O) groups excluding carboxylic acids is 1. The van der Waals surface area contributed by atoms with E-state index in [1.54, 1.807) is 18.5 Å². The minimum absolute atomic E-state index is 0.0339. The first-order valence-electron chi connectivity index (χ1n) is 7.08. The lowest BCUT2D eigenvalue weighted by Crippen LogP contribution is -2.53. The van der Waals surface area contributed by atoms with Crippen molar-refractivity contribution in [2.45, 2.75) is 39.4 Å². The largest absolute Gasteiger partial charge is 0.383 e. The van der Waals surface area contributed by atoms with Crippen LogP contribution in [0.5, 0.6) is 0 Å². The van der Waals surface area contributed by atoms with Crippen molar-refractivity contribution >= 4 is 11.6 Å². The van der Waals surface area contributed by atoms with Crippen LogP contribution in [0.4, 0.5) is 5.69 Å². The van der Waals surface area contributed by atoms with Crippen LogP contribution in [0.3, 0.4) is 0 Å². The predicted molar refractivity (Wildman–Crippen MR) is 78.9 cm³/mol. The van der Waals surface area contributed by atoms with Crippen molar-refractivity contribution < 1.29 is 9.53 Å². The van der Waals surface area contributed by atoms with Crippen LogP contribution in [-0.4, -0.2) is 47.1 Å². The zero-order chi connectivity index (χ0) is 14.8. The number of nitrogens with zero attached hydrogens (tertiary/aromatic N) is 2. The van der Waals surface area contributed by atoms with Crippen molar-refractivity contribution in [1.82, 2.24) is 9.88 Å². The summed E-state index contributed by atoms with van der Waals surface area (Å²) in [4.78, 5) is 18.7. The highest BCUT2D eigenvalue weighted by atomic mass is 16.5. The van der Waals surface area contributed by atoms with Gasteiger partial charge in [-0.05, 0) is 33.8 Å². The molecule has 1 saturated heterocycles. The first-order valence-corrected chi connectivity index (χ1v) is 7.08. The molecule has 20 heavy (non-hydrogen) atoms. The Kier molecular flexibility index (Phi) is 4.28. The molecule has 0 spiro atoms. The quantitative estimate of drug-likeness (QED) is 0.920. The zero-order valence-electron chi connectivity index (χ0n) is 12.6. The Labute approximate surface area is 120 Å². The van der Waals surface area contributed by atoms with E-state index in [0.29, 0.717) is 18.7 Å². The van der Waals surface area contributed by atoms with Gasteiger partial charge in [0.25, 0.3) is 5.91 Å². The number of pyridine rings is 1. The van der Waals surface area contributed by atoms with Gasteiger partial charge in [0, 0.05) is 25.8 Å². The minimum atomic E-state index is -0.307. The van der Waals surface area contributed by atoms with E-state index in [4.69, 9.17) is 4.74 Å². The van der Waals surface area contributed by atoms with Gasteiger partial charge < -0.3 is 15.0 Å². The lowest BCUT2D eigenvalue weighted by molar-refractivity contribution is -0.118. The van der Waals surface area contributed by atoms with Gasteiger partial charge in [-0.2, -0.15) is 0 Å². The van der Waals surface area contributed by atoms with Gasteiger partial charge in [0.2, 0.25) is 0 Å². The molecule has 1 N–H and O–H groups in total. The van der Waals surface area contributed by atoms with Gasteiger partial charge >= 0.3 is 0 Å². The van der Waals surface area contributed by atoms with Crippen LogP contribution >= 0.6 is 0 Å². The van der Waals surface area contributed by atoms with Crippen LogP contribution in [0, 0.1) is 0 Å². The Morgan fingerprint density at radius 2 is 2.35 bits per heavy atom. The number of carbonyl (C=O) groups is 1. The van der Waals surface area contributed by atoms with Crippen LogP contribution in [0.2, 0.25) is 0 Å². The molecule has 1 aromatic rings. The molecule has 2 heterocycles. The van der Waals surface area contributed by atoms with Gasteiger partial charge in [-0.1, -0.05) is 0 Å². The summed E-state index contributed by atoms with van der Waals surface area (Å²) in [5.74, 6) is 0.0339. The highest BCUT2D eigenvalue weighted by Crippen LogP contribution is 2.24. The first kappa shape index (κ1) is 14.8. The third-order valence-electron chi connectivity index (χ3n) is 3.28. The Morgan fingerprint density at radius 1 is 1.60 bits per heavy atom. The summed E-state index contributed by atoms with van der Waals surface area (Å²) in [6, 6.07) is 1.77. The number of aromatic nitrogens is 1. The molecule has 0 bridgehead atoms. The third-order valence-corrected chi connectivity index (χ3v) is 3.28. The van der Waals surface area contributed by atoms with Crippen molar-refractivity contribution in [1.29, 1.82) is 0 Å². The number of rotatable bonds is 3. The second-order valence-electron chi connectivity index (χ2n) is 5.83. The molecule has 5 heteroatoms. The van der Waals surface area contributed by atoms with E-state index in [2.05, 4.69) is 10.3 Å². The van der Waals surface area contributed by atoms with Crippen LogP contribution in [0.25, 0.3) is 0 Å². The summed E-state index contributed by atoms with van der Waals surface area (Å²) in [7, 11) is 0. The smallest absolute Gasteiger partial charge is 0.256 e. The lowest BCUT2D eigenvalue weighted by Gasteiger charge is -2.41. The van der Waals surface area contributed by atoms with Gasteiger partial charge in [0.15, 0.2) is 0 Å². The number of morpholine rings is 1. The monoisotopic (exact) mass is 277 g/mol. The van der Waals surface area contributed by atoms with E-state index < -0.39 is 0 Å². The summed E-state index contributed by atoms with van der Waals surface area (Å²) in [6.45, 7) is 10.0. The molecule has 5 nitrogen and oxygen atoms in total. The SMILES string of the molecule is CCNc1cnccc1C(=O)N1CC(C)OC(C)(C)C1. The van der Waals surface area contributed by atoms with E-state index in [1.165, 1.54) is 0 Å². The van der Waals surface area contributed by atoms with Gasteiger partial charge in [-0.15, -0.1) is 0 Å². The molecule has 1 aliphatic heterocycles. The van der Waals surface area contributed by atoms with Crippen LogP contribution in [0.15, 0.2) is 18.5 Å². The standard InChI is InChI=1S/C15H23N3O2/c1-5-17-13-8-16-7-6-12(13)14(19)18-9-11(2)20-15(3,4)10-18/h6-8,11,17H,5,9-10H2,1-4H3. The van der Waals surface area contributed by atoms with Crippen molar-refractivity contribution in [3.8, 4) is 0 Å². The number of hydrogen-bond acceptors (Lipinski definition) is 4. The normalized spacial score (nSPS) is 21.6. The van der Waals surface area contributed by atoms with Crippen molar-refractivity contribution in [2.75, 3.05) is 25.0 Å². The van der Waals surface area contributed by atoms with Crippen LogP contribution in [0.1, 0.15) is 38.1 Å². The number of nitrogens with one attached hydrogen (secondary N) is 1. The van der Waals surface area contributed by atoms with Crippen LogP contribution < -0.4 is 5.32 Å². The summed E-state index contributed by atoms with van der Waals surface area (Å²) in [5, 5.41) is 3.19. The van der Waals surface area contributed by atoms with Gasteiger partial charge in [-0.25, -0.2) is 0 Å². The highest BCUT2D eigenvalue weighted by molar-refractivity contribution is 5.99. The fraction of sp³-hybridized carbons (Fsp3) is 0.600. The summed E-state index contributed by atoms with van der Waals surface area (Å²) in [6.07, 6.45) is 3.40. The predicted octanol–water partition coefficient (Wildman–Crippen LogP) is 2.15. The Hall–Kier alpha value is -1.62. The summed E-state index contributed by atoms with van der Waals surface area (Å²) in [5.41, 5.74) is 1.15. The number of anilines is 1. The highest BCUT2D eigenvalue weighted by Gasteiger charge is 2.34. The summed E-state index contributed by atoms with van der Waals surface area (Å²) >= 11 is 0. The maximum Gasteiger partial charge on any atom is 0.256 e. The van der Waals surface area contributed by atoms with E-state index in [-0.39, 0.29) is 17.6 Å². The van der Waals surface area contributed by atoms with Gasteiger partial charge in [-0.3, -0.25) is 9.78 Å². The molecule has 0 radical (unpaired) electrons. The molecule has 1 fully saturated rings. The Bertz CT molecular complexity index is 488. The molecule has 1 aliphatic rings. The maximum absolute atomic E-state index is 12.7. The molecule has 2 rings (SSSR count). The number of ether oxygens (including phenoxy) is 1. The molecule has 1 unspecified atom stereocenters. The molecule has 1 atom stereocenters. The van der Waals surface area contributed by atoms with Crippen molar-refractivity contribution in [3.05, 3.63) is 24.0 Å². The average Bonchev–Trinajstić information content (AvgIpc) is 2.36. The minimum Gasteiger partial charge on any atom is -0.383 e. The number of hydrogen-bond donors (Lipinski definition) is 1. The fourth-order valence-electron chi connectivity index (χ4n) is 2.69. The second kappa shape index (κ2) is 5.79. The molecule has 110 valence electrons. The van der Waals surface area contributed by atoms with Gasteiger partial charge in [0.1, 0.15) is 0 Å². The average molecular weight is 277 g/mol. The second-order valence-corrected chi connectivity index (χ2v) is 5.83. The zero-order valence-corrected chi connectivity index (χ0v) is 12.6. The van der Waals surface area contributed by atoms with E-state index in [0.717, 1.165) is 12.2 Å². The maximum atomic E-state index is 12.7. The van der Waals surface area contributed by atoms with E-state index in [9.17, 15) is 4.79 Å². The van der Waals surface area contributed by atoms with Crippen molar-refractivity contribution in [3.63, 3.8) is 0 Å². The Morgan fingerprint density at radius 3 is 3.00 bits per heavy atom. The molecule has 0 aliphatic carbocycles. The number of amides is 1.